The van der Waals surface area contributed by atoms with Crippen molar-refractivity contribution in [3.05, 3.63) is 91.3 Å². The summed E-state index contributed by atoms with van der Waals surface area (Å²) in [5, 5.41) is 20.3. The lowest BCUT2D eigenvalue weighted by Gasteiger charge is -2.27. The van der Waals surface area contributed by atoms with Gasteiger partial charge in [0.1, 0.15) is 29.7 Å². The van der Waals surface area contributed by atoms with E-state index in [1.54, 1.807) is 12.1 Å². The molecule has 0 aromatic heterocycles. The fourth-order valence-electron chi connectivity index (χ4n) is 3.73. The molecular formula is C25H20ClIN2O4. The number of aromatic hydroxyl groups is 1. The lowest BCUT2D eigenvalue weighted by Crippen LogP contribution is -2.21. The van der Waals surface area contributed by atoms with Crippen LogP contribution in [0.15, 0.2) is 66.1 Å². The Morgan fingerprint density at radius 3 is 2.73 bits per heavy atom. The molecule has 0 bridgehead atoms. The lowest BCUT2D eigenvalue weighted by atomic mass is 9.83. The Morgan fingerprint density at radius 2 is 2.00 bits per heavy atom. The highest BCUT2D eigenvalue weighted by Gasteiger charge is 2.32. The molecule has 168 valence electrons. The molecule has 4 rings (SSSR count). The number of nitriles is 1. The first kappa shape index (κ1) is 23.1. The van der Waals surface area contributed by atoms with E-state index in [2.05, 4.69) is 28.7 Å². The molecule has 0 aliphatic carbocycles. The number of fused-ring (bicyclic) bond motifs is 1. The van der Waals surface area contributed by atoms with Crippen LogP contribution in [-0.4, -0.2) is 11.7 Å². The van der Waals surface area contributed by atoms with Crippen LogP contribution in [0.25, 0.3) is 0 Å². The number of benzene rings is 3. The maximum Gasteiger partial charge on any atom is 0.205 e. The van der Waals surface area contributed by atoms with Gasteiger partial charge in [-0.3, -0.25) is 0 Å². The van der Waals surface area contributed by atoms with Crippen molar-refractivity contribution in [1.29, 1.82) is 5.26 Å². The zero-order valence-electron chi connectivity index (χ0n) is 17.6. The molecule has 0 unspecified atom stereocenters. The summed E-state index contributed by atoms with van der Waals surface area (Å²) in [4.78, 5) is 0. The van der Waals surface area contributed by atoms with Crippen molar-refractivity contribution in [2.75, 3.05) is 6.61 Å². The van der Waals surface area contributed by atoms with Crippen molar-refractivity contribution in [2.45, 2.75) is 19.4 Å². The van der Waals surface area contributed by atoms with Gasteiger partial charge in [0, 0.05) is 16.7 Å². The lowest BCUT2D eigenvalue weighted by molar-refractivity contribution is 0.267. The van der Waals surface area contributed by atoms with Crippen molar-refractivity contribution in [3.63, 3.8) is 0 Å². The van der Waals surface area contributed by atoms with E-state index in [1.165, 1.54) is 6.07 Å². The van der Waals surface area contributed by atoms with Crippen LogP contribution < -0.4 is 19.9 Å². The van der Waals surface area contributed by atoms with Crippen LogP contribution >= 0.6 is 34.2 Å². The largest absolute Gasteiger partial charge is 0.508 e. The first-order chi connectivity index (χ1) is 15.9. The Labute approximate surface area is 210 Å². The molecule has 1 aliphatic rings. The van der Waals surface area contributed by atoms with E-state index in [4.69, 9.17) is 31.5 Å². The summed E-state index contributed by atoms with van der Waals surface area (Å²) in [6.07, 6.45) is 0. The molecule has 1 atom stereocenters. The topological polar surface area (TPSA) is 97.7 Å². The number of rotatable bonds is 6. The molecule has 1 aliphatic heterocycles. The van der Waals surface area contributed by atoms with Crippen LogP contribution in [0.4, 0.5) is 0 Å². The first-order valence-electron chi connectivity index (χ1n) is 10.1. The quantitative estimate of drug-likeness (QED) is 0.359. The Kier molecular flexibility index (Phi) is 6.86. The van der Waals surface area contributed by atoms with Crippen LogP contribution in [0.3, 0.4) is 0 Å². The highest BCUT2D eigenvalue weighted by Crippen LogP contribution is 2.46. The van der Waals surface area contributed by atoms with E-state index in [9.17, 15) is 10.4 Å². The van der Waals surface area contributed by atoms with Gasteiger partial charge in [0.2, 0.25) is 5.88 Å². The summed E-state index contributed by atoms with van der Waals surface area (Å²) in [6, 6.07) is 18.2. The predicted molar refractivity (Wildman–Crippen MR) is 134 cm³/mol. The van der Waals surface area contributed by atoms with Crippen molar-refractivity contribution >= 4 is 34.2 Å². The highest BCUT2D eigenvalue weighted by molar-refractivity contribution is 14.1. The van der Waals surface area contributed by atoms with E-state index in [-0.39, 0.29) is 11.6 Å². The van der Waals surface area contributed by atoms with Crippen LogP contribution in [0, 0.1) is 14.9 Å². The van der Waals surface area contributed by atoms with E-state index >= 15 is 0 Å². The molecule has 0 amide bonds. The number of hydrogen-bond acceptors (Lipinski definition) is 6. The Morgan fingerprint density at radius 1 is 1.18 bits per heavy atom. The average molecular weight is 575 g/mol. The Balaban J connectivity index is 1.76. The third kappa shape index (κ3) is 4.82. The first-order valence-corrected chi connectivity index (χ1v) is 11.6. The second kappa shape index (κ2) is 9.81. The number of halogens is 2. The van der Waals surface area contributed by atoms with Gasteiger partial charge in [0.15, 0.2) is 11.5 Å². The van der Waals surface area contributed by atoms with Crippen molar-refractivity contribution < 1.29 is 19.3 Å². The minimum Gasteiger partial charge on any atom is -0.508 e. The second-order valence-corrected chi connectivity index (χ2v) is 8.93. The van der Waals surface area contributed by atoms with Gasteiger partial charge in [-0.15, -0.1) is 0 Å². The maximum absolute atomic E-state index is 9.87. The number of nitrogens with two attached hydrogens (primary N) is 1. The fraction of sp³-hybridized carbons (Fsp3) is 0.160. The molecule has 0 fully saturated rings. The van der Waals surface area contributed by atoms with Gasteiger partial charge in [-0.1, -0.05) is 29.8 Å². The number of phenols is 1. The fourth-order valence-corrected chi connectivity index (χ4v) is 4.72. The number of ether oxygens (including phenoxy) is 3. The van der Waals surface area contributed by atoms with Gasteiger partial charge in [0.25, 0.3) is 0 Å². The van der Waals surface area contributed by atoms with Crippen LogP contribution in [0.2, 0.25) is 5.02 Å². The third-order valence-electron chi connectivity index (χ3n) is 5.14. The zero-order valence-corrected chi connectivity index (χ0v) is 20.6. The molecule has 6 nitrogen and oxygen atoms in total. The molecule has 3 aromatic rings. The highest BCUT2D eigenvalue weighted by atomic mass is 127. The van der Waals surface area contributed by atoms with E-state index in [1.807, 2.05) is 43.3 Å². The summed E-state index contributed by atoms with van der Waals surface area (Å²) in [6.45, 7) is 2.66. The summed E-state index contributed by atoms with van der Waals surface area (Å²) >= 11 is 8.28. The summed E-state index contributed by atoms with van der Waals surface area (Å²) in [5.74, 6) is 1.16. The number of nitrogens with zero attached hydrogens (tertiary/aromatic N) is 1. The molecule has 0 saturated carbocycles. The van der Waals surface area contributed by atoms with E-state index in [0.29, 0.717) is 41.1 Å². The molecule has 3 aromatic carbocycles. The minimum absolute atomic E-state index is 0.00912. The van der Waals surface area contributed by atoms with Crippen LogP contribution in [0.1, 0.15) is 29.5 Å². The average Bonchev–Trinajstić information content (AvgIpc) is 2.77. The maximum atomic E-state index is 9.87. The second-order valence-electron chi connectivity index (χ2n) is 7.33. The molecule has 33 heavy (non-hydrogen) atoms. The van der Waals surface area contributed by atoms with Gasteiger partial charge < -0.3 is 25.1 Å². The molecule has 0 radical (unpaired) electrons. The summed E-state index contributed by atoms with van der Waals surface area (Å²) < 4.78 is 18.4. The molecule has 8 heteroatoms. The van der Waals surface area contributed by atoms with Crippen LogP contribution in [-0.2, 0) is 6.61 Å². The summed E-state index contributed by atoms with van der Waals surface area (Å²) in [5.41, 5.74) is 8.81. The third-order valence-corrected chi connectivity index (χ3v) is 6.18. The monoisotopic (exact) mass is 574 g/mol. The number of hydrogen-bond donors (Lipinski definition) is 2. The van der Waals surface area contributed by atoms with Gasteiger partial charge in [-0.25, -0.2) is 0 Å². The molecule has 0 saturated heterocycles. The predicted octanol–water partition coefficient (Wildman–Crippen LogP) is 5.85. The van der Waals surface area contributed by atoms with Gasteiger partial charge in [-0.2, -0.15) is 5.26 Å². The standard InChI is InChI=1S/C25H20ClIN2O4/c1-2-31-22-10-15(9-20(27)24(22)32-13-14-4-3-5-16(26)8-14)23-18-7-6-17(30)11-21(18)33-25(29)19(23)12-28/h3-11,23,30H,2,13,29H2,1H3/t23-/m1/s1. The smallest absolute Gasteiger partial charge is 0.205 e. The van der Waals surface area contributed by atoms with Gasteiger partial charge in [-0.05, 0) is 71.0 Å². The molecule has 3 N–H and O–H groups in total. The van der Waals surface area contributed by atoms with Crippen molar-refractivity contribution in [1.82, 2.24) is 0 Å². The summed E-state index contributed by atoms with van der Waals surface area (Å²) in [7, 11) is 0. The zero-order chi connectivity index (χ0) is 23.5. The normalized spacial score (nSPS) is 14.8. The van der Waals surface area contributed by atoms with E-state index in [0.717, 1.165) is 20.3 Å². The SMILES string of the molecule is CCOc1cc([C@H]2C(C#N)=C(N)Oc3cc(O)ccc32)cc(I)c1OCc1cccc(Cl)c1. The van der Waals surface area contributed by atoms with Crippen LogP contribution in [0.5, 0.6) is 23.0 Å². The molecule has 0 spiro atoms. The Hall–Kier alpha value is -3.09. The number of phenolic OH excluding ortho intramolecular Hbond substituents is 1. The van der Waals surface area contributed by atoms with E-state index < -0.39 is 5.92 Å². The Bertz CT molecular complexity index is 1290. The van der Waals surface area contributed by atoms with Crippen molar-refractivity contribution in [3.8, 4) is 29.1 Å². The minimum atomic E-state index is -0.478. The molecular weight excluding hydrogens is 555 g/mol. The van der Waals surface area contributed by atoms with Gasteiger partial charge in [0.05, 0.1) is 16.1 Å². The van der Waals surface area contributed by atoms with Gasteiger partial charge >= 0.3 is 0 Å². The number of allylic oxidation sites excluding steroid dienone is 1. The van der Waals surface area contributed by atoms with Crippen molar-refractivity contribution in [2.24, 2.45) is 5.73 Å². The molecule has 1 heterocycles.